The second-order valence-electron chi connectivity index (χ2n) is 5.21. The van der Waals surface area contributed by atoms with Crippen LogP contribution in [0.2, 0.25) is 0 Å². The van der Waals surface area contributed by atoms with E-state index in [0.717, 1.165) is 16.5 Å². The molecule has 24 heavy (non-hydrogen) atoms. The zero-order valence-electron chi connectivity index (χ0n) is 13.0. The number of aryl methyl sites for hydroxylation is 1. The average Bonchev–Trinajstić information content (AvgIpc) is 3.27. The molecule has 4 aromatic heterocycles. The first-order valence-corrected chi connectivity index (χ1v) is 9.03. The lowest BCUT2D eigenvalue weighted by Crippen LogP contribution is -2.14. The summed E-state index contributed by atoms with van der Waals surface area (Å²) in [6.45, 7) is 1.90. The van der Waals surface area contributed by atoms with E-state index in [2.05, 4.69) is 15.2 Å². The lowest BCUT2D eigenvalue weighted by Gasteiger charge is -2.03. The quantitative estimate of drug-likeness (QED) is 0.521. The van der Waals surface area contributed by atoms with Crippen LogP contribution >= 0.6 is 23.1 Å². The van der Waals surface area contributed by atoms with Crippen LogP contribution in [0.4, 0.5) is 0 Å². The van der Waals surface area contributed by atoms with Crippen molar-refractivity contribution >= 4 is 28.1 Å². The van der Waals surface area contributed by atoms with E-state index in [1.165, 1.54) is 23.1 Å². The van der Waals surface area contributed by atoms with Crippen molar-refractivity contribution in [2.45, 2.75) is 17.8 Å². The zero-order valence-corrected chi connectivity index (χ0v) is 14.6. The molecule has 0 aliphatic heterocycles. The molecule has 0 fully saturated rings. The Morgan fingerprint density at radius 1 is 1.38 bits per heavy atom. The van der Waals surface area contributed by atoms with E-state index in [4.69, 9.17) is 4.42 Å². The monoisotopic (exact) mass is 359 g/mol. The van der Waals surface area contributed by atoms with Gasteiger partial charge in [-0.1, -0.05) is 11.8 Å². The van der Waals surface area contributed by atoms with Gasteiger partial charge in [-0.15, -0.1) is 21.5 Å². The molecule has 0 unspecified atom stereocenters. The number of thiazole rings is 1. The van der Waals surface area contributed by atoms with Gasteiger partial charge in [-0.05, 0) is 19.1 Å². The third-order valence-corrected chi connectivity index (χ3v) is 5.55. The molecule has 0 N–H and O–H groups in total. The Kier molecular flexibility index (Phi) is 3.73. The van der Waals surface area contributed by atoms with Crippen LogP contribution < -0.4 is 5.56 Å². The Bertz CT molecular complexity index is 1060. The Morgan fingerprint density at radius 3 is 3.04 bits per heavy atom. The van der Waals surface area contributed by atoms with Crippen LogP contribution in [0.25, 0.3) is 16.5 Å². The molecule has 9 heteroatoms. The summed E-state index contributed by atoms with van der Waals surface area (Å²) in [5, 5.41) is 11.0. The topological polar surface area (TPSA) is 78.2 Å². The van der Waals surface area contributed by atoms with Gasteiger partial charge in [0.2, 0.25) is 0 Å². The maximum Gasteiger partial charge on any atom is 0.258 e. The van der Waals surface area contributed by atoms with Crippen LogP contribution in [0.15, 0.2) is 44.2 Å². The standard InChI is InChI=1S/C15H13N5O2S2/c1-9-7-23-14-16-10(6-12(21)20(9)14)8-24-15-18-17-13(19(15)2)11-4-3-5-22-11/h3-7H,8H2,1-2H3. The van der Waals surface area contributed by atoms with E-state index < -0.39 is 0 Å². The molecule has 0 spiro atoms. The second kappa shape index (κ2) is 5.91. The molecule has 0 bridgehead atoms. The predicted octanol–water partition coefficient (Wildman–Crippen LogP) is 2.75. The van der Waals surface area contributed by atoms with Crippen LogP contribution in [0.3, 0.4) is 0 Å². The fourth-order valence-electron chi connectivity index (χ4n) is 2.37. The van der Waals surface area contributed by atoms with Crippen molar-refractivity contribution in [1.29, 1.82) is 0 Å². The van der Waals surface area contributed by atoms with Gasteiger partial charge >= 0.3 is 0 Å². The fraction of sp³-hybridized carbons (Fsp3) is 0.200. The van der Waals surface area contributed by atoms with Gasteiger partial charge in [-0.3, -0.25) is 9.20 Å². The van der Waals surface area contributed by atoms with Crippen molar-refractivity contribution in [3.05, 3.63) is 51.6 Å². The highest BCUT2D eigenvalue weighted by Crippen LogP contribution is 2.25. The molecule has 0 aromatic carbocycles. The SMILES string of the molecule is Cc1csc2nc(CSc3nnc(-c4ccco4)n3C)cc(=O)n12. The molecule has 0 radical (unpaired) electrons. The largest absolute Gasteiger partial charge is 0.461 e. The zero-order chi connectivity index (χ0) is 16.7. The number of fused-ring (bicyclic) bond motifs is 1. The van der Waals surface area contributed by atoms with E-state index in [1.54, 1.807) is 16.7 Å². The van der Waals surface area contributed by atoms with Crippen molar-refractivity contribution < 1.29 is 4.42 Å². The van der Waals surface area contributed by atoms with E-state index in [-0.39, 0.29) is 5.56 Å². The average molecular weight is 359 g/mol. The fourth-order valence-corrected chi connectivity index (χ4v) is 4.07. The van der Waals surface area contributed by atoms with Gasteiger partial charge in [0, 0.05) is 29.9 Å². The van der Waals surface area contributed by atoms with Crippen LogP contribution in [-0.2, 0) is 12.8 Å². The lowest BCUT2D eigenvalue weighted by atomic mass is 10.4. The number of rotatable bonds is 4. The summed E-state index contributed by atoms with van der Waals surface area (Å²) in [5.41, 5.74) is 1.58. The van der Waals surface area contributed by atoms with Gasteiger partial charge in [0.05, 0.1) is 12.0 Å². The number of hydrogen-bond acceptors (Lipinski definition) is 7. The lowest BCUT2D eigenvalue weighted by molar-refractivity contribution is 0.572. The molecule has 0 amide bonds. The maximum atomic E-state index is 12.2. The molecule has 0 aliphatic rings. The van der Waals surface area contributed by atoms with Crippen LogP contribution in [0, 0.1) is 6.92 Å². The summed E-state index contributed by atoms with van der Waals surface area (Å²) in [7, 11) is 1.88. The number of thioether (sulfide) groups is 1. The molecular weight excluding hydrogens is 346 g/mol. The Labute approximate surface area is 145 Å². The highest BCUT2D eigenvalue weighted by molar-refractivity contribution is 7.98. The smallest absolute Gasteiger partial charge is 0.258 e. The van der Waals surface area contributed by atoms with Gasteiger partial charge < -0.3 is 8.98 Å². The molecular formula is C15H13N5O2S2. The molecule has 0 atom stereocenters. The third-order valence-electron chi connectivity index (χ3n) is 3.55. The van der Waals surface area contributed by atoms with E-state index in [0.29, 0.717) is 22.3 Å². The molecule has 0 saturated heterocycles. The molecule has 0 aliphatic carbocycles. The molecule has 122 valence electrons. The maximum absolute atomic E-state index is 12.2. The van der Waals surface area contributed by atoms with Crippen molar-refractivity contribution in [2.24, 2.45) is 7.05 Å². The first kappa shape index (κ1) is 15.2. The van der Waals surface area contributed by atoms with Crippen molar-refractivity contribution in [1.82, 2.24) is 24.1 Å². The first-order valence-electron chi connectivity index (χ1n) is 7.16. The molecule has 4 rings (SSSR count). The minimum atomic E-state index is -0.0522. The summed E-state index contributed by atoms with van der Waals surface area (Å²) in [6, 6.07) is 5.23. The van der Waals surface area contributed by atoms with Crippen molar-refractivity contribution in [2.75, 3.05) is 0 Å². The van der Waals surface area contributed by atoms with E-state index in [1.807, 2.05) is 36.1 Å². The number of hydrogen-bond donors (Lipinski definition) is 0. The first-order chi connectivity index (χ1) is 11.6. The second-order valence-corrected chi connectivity index (χ2v) is 6.99. The van der Waals surface area contributed by atoms with Crippen molar-refractivity contribution in [3.8, 4) is 11.6 Å². The Hall–Kier alpha value is -2.39. The third kappa shape index (κ3) is 2.55. The summed E-state index contributed by atoms with van der Waals surface area (Å²) >= 11 is 2.95. The number of aromatic nitrogens is 5. The number of furan rings is 1. The van der Waals surface area contributed by atoms with Crippen molar-refractivity contribution in [3.63, 3.8) is 0 Å². The molecule has 4 aromatic rings. The summed E-state index contributed by atoms with van der Waals surface area (Å²) in [6.07, 6.45) is 1.60. The molecule has 0 saturated carbocycles. The highest BCUT2D eigenvalue weighted by atomic mass is 32.2. The normalized spacial score (nSPS) is 11.4. The van der Waals surface area contributed by atoms with Gasteiger partial charge in [0.1, 0.15) is 0 Å². The van der Waals surface area contributed by atoms with Gasteiger partial charge in [-0.2, -0.15) is 0 Å². The summed E-state index contributed by atoms with van der Waals surface area (Å²) in [4.78, 5) is 17.4. The Balaban J connectivity index is 1.58. The van der Waals surface area contributed by atoms with Crippen LogP contribution in [0.1, 0.15) is 11.4 Å². The van der Waals surface area contributed by atoms with E-state index in [9.17, 15) is 4.79 Å². The van der Waals surface area contributed by atoms with Crippen LogP contribution in [-0.4, -0.2) is 24.1 Å². The summed E-state index contributed by atoms with van der Waals surface area (Å²) < 4.78 is 8.84. The minimum absolute atomic E-state index is 0.0522. The summed E-state index contributed by atoms with van der Waals surface area (Å²) in [5.74, 6) is 1.89. The van der Waals surface area contributed by atoms with Gasteiger partial charge in [0.15, 0.2) is 21.7 Å². The Morgan fingerprint density at radius 2 is 2.25 bits per heavy atom. The minimum Gasteiger partial charge on any atom is -0.461 e. The molecule has 4 heterocycles. The number of nitrogens with zero attached hydrogens (tertiary/aromatic N) is 5. The predicted molar refractivity (Wildman–Crippen MR) is 92.3 cm³/mol. The highest BCUT2D eigenvalue weighted by Gasteiger charge is 2.14. The van der Waals surface area contributed by atoms with E-state index >= 15 is 0 Å². The van der Waals surface area contributed by atoms with Gasteiger partial charge in [-0.25, -0.2) is 4.98 Å². The van der Waals surface area contributed by atoms with Crippen LogP contribution in [0.5, 0.6) is 0 Å². The molecule has 7 nitrogen and oxygen atoms in total. The van der Waals surface area contributed by atoms with Gasteiger partial charge in [0.25, 0.3) is 5.56 Å².